The van der Waals surface area contributed by atoms with Crippen molar-refractivity contribution in [1.29, 1.82) is 0 Å². The Morgan fingerprint density at radius 2 is 2.13 bits per heavy atom. The summed E-state index contributed by atoms with van der Waals surface area (Å²) in [5.74, 6) is -0.676. The molecule has 0 saturated carbocycles. The van der Waals surface area contributed by atoms with E-state index >= 15 is 0 Å². The van der Waals surface area contributed by atoms with Crippen molar-refractivity contribution in [3.63, 3.8) is 0 Å². The molecule has 0 spiro atoms. The summed E-state index contributed by atoms with van der Waals surface area (Å²) in [6.07, 6.45) is 1.80. The summed E-state index contributed by atoms with van der Waals surface area (Å²) in [5.41, 5.74) is 0. The molecule has 1 aliphatic heterocycles. The molecule has 1 aromatic rings. The summed E-state index contributed by atoms with van der Waals surface area (Å²) in [5, 5.41) is 9.03. The van der Waals surface area contributed by atoms with Gasteiger partial charge in [-0.25, -0.2) is 0 Å². The zero-order chi connectivity index (χ0) is 10.7. The number of hydrogen-bond donors (Lipinski definition) is 1. The molecule has 0 aliphatic carbocycles. The Morgan fingerprint density at radius 3 is 2.80 bits per heavy atom. The fourth-order valence-electron chi connectivity index (χ4n) is 1.71. The topological polar surface area (TPSA) is 40.5 Å². The fraction of sp³-hybridized carbons (Fsp3) is 0.364. The summed E-state index contributed by atoms with van der Waals surface area (Å²) in [7, 11) is 0. The first-order valence-electron chi connectivity index (χ1n) is 5.00. The van der Waals surface area contributed by atoms with Gasteiger partial charge in [-0.1, -0.05) is 0 Å². The van der Waals surface area contributed by atoms with Crippen LogP contribution in [-0.2, 0) is 4.79 Å². The van der Waals surface area contributed by atoms with Crippen molar-refractivity contribution in [2.24, 2.45) is 0 Å². The van der Waals surface area contributed by atoms with E-state index in [0.717, 1.165) is 19.4 Å². The van der Waals surface area contributed by atoms with E-state index in [2.05, 4.69) is 16.0 Å². The molecule has 0 radical (unpaired) electrons. The van der Waals surface area contributed by atoms with Crippen molar-refractivity contribution in [2.75, 3.05) is 6.54 Å². The van der Waals surface area contributed by atoms with Crippen LogP contribution >= 0.6 is 0 Å². The van der Waals surface area contributed by atoms with Gasteiger partial charge in [-0.15, -0.1) is 0 Å². The predicted molar refractivity (Wildman–Crippen MR) is 59.2 cm³/mol. The van der Waals surface area contributed by atoms with Gasteiger partial charge in [-0.2, -0.15) is 0 Å². The molecular formula is C11H13NO2Se. The summed E-state index contributed by atoms with van der Waals surface area (Å²) < 4.78 is 3.35. The maximum atomic E-state index is 11.0. The van der Waals surface area contributed by atoms with Crippen LogP contribution in [-0.4, -0.2) is 42.8 Å². The maximum absolute atomic E-state index is 11.0. The van der Waals surface area contributed by atoms with E-state index in [4.69, 9.17) is 5.11 Å². The average Bonchev–Trinajstić information content (AvgIpc) is 2.67. The van der Waals surface area contributed by atoms with Crippen molar-refractivity contribution in [3.05, 3.63) is 30.3 Å². The standard InChI is InChI=1S/C11H13NO2Se/c13-11(14)10-7-4-8-12(10)15-9-5-2-1-3-6-9/h1-3,5-6,10H,4,7-8H2,(H,13,14). The molecule has 0 aromatic heterocycles. The number of rotatable bonds is 3. The van der Waals surface area contributed by atoms with Gasteiger partial charge in [0, 0.05) is 0 Å². The van der Waals surface area contributed by atoms with Gasteiger partial charge in [0.2, 0.25) is 0 Å². The van der Waals surface area contributed by atoms with Crippen LogP contribution in [0.25, 0.3) is 0 Å². The van der Waals surface area contributed by atoms with E-state index in [1.54, 1.807) is 0 Å². The summed E-state index contributed by atoms with van der Waals surface area (Å²) in [4.78, 5) is 11.0. The Hall–Kier alpha value is -0.831. The molecule has 1 saturated heterocycles. The van der Waals surface area contributed by atoms with Crippen LogP contribution in [0.3, 0.4) is 0 Å². The Labute approximate surface area is 95.5 Å². The van der Waals surface area contributed by atoms with Crippen LogP contribution in [0, 0.1) is 0 Å². The number of hydrogen-bond acceptors (Lipinski definition) is 2. The average molecular weight is 270 g/mol. The molecular weight excluding hydrogens is 257 g/mol. The molecule has 1 N–H and O–H groups in total. The molecule has 80 valence electrons. The predicted octanol–water partition coefficient (Wildman–Crippen LogP) is 0.480. The van der Waals surface area contributed by atoms with Gasteiger partial charge < -0.3 is 0 Å². The third-order valence-electron chi connectivity index (χ3n) is 2.45. The third-order valence-corrected chi connectivity index (χ3v) is 4.88. The van der Waals surface area contributed by atoms with E-state index in [-0.39, 0.29) is 21.2 Å². The molecule has 1 atom stereocenters. The van der Waals surface area contributed by atoms with E-state index in [9.17, 15) is 4.79 Å². The SMILES string of the molecule is O=C(O)C1CCCN1[Se]c1ccccc1. The summed E-state index contributed by atoms with van der Waals surface area (Å²) >= 11 is 0.154. The van der Waals surface area contributed by atoms with Crippen LogP contribution < -0.4 is 4.46 Å². The molecule has 4 heteroatoms. The number of aliphatic carboxylic acids is 1. The molecule has 1 fully saturated rings. The van der Waals surface area contributed by atoms with Gasteiger partial charge in [-0.05, 0) is 0 Å². The van der Waals surface area contributed by atoms with E-state index in [1.165, 1.54) is 4.46 Å². The summed E-state index contributed by atoms with van der Waals surface area (Å²) in [6.45, 7) is 0.922. The Bertz CT molecular complexity index is 342. The molecule has 1 aromatic carbocycles. The fourth-order valence-corrected chi connectivity index (χ4v) is 4.01. The van der Waals surface area contributed by atoms with Crippen molar-refractivity contribution in [2.45, 2.75) is 18.9 Å². The van der Waals surface area contributed by atoms with Gasteiger partial charge in [0.15, 0.2) is 0 Å². The molecule has 2 rings (SSSR count). The third kappa shape index (κ3) is 2.59. The first-order chi connectivity index (χ1) is 7.27. The molecule has 1 aliphatic rings. The minimum absolute atomic E-state index is 0.154. The number of carboxylic acids is 1. The first kappa shape index (κ1) is 10.7. The zero-order valence-corrected chi connectivity index (χ0v) is 10.0. The molecule has 15 heavy (non-hydrogen) atoms. The van der Waals surface area contributed by atoms with Crippen LogP contribution in [0.15, 0.2) is 30.3 Å². The van der Waals surface area contributed by atoms with Crippen molar-refractivity contribution < 1.29 is 9.90 Å². The van der Waals surface area contributed by atoms with Crippen LogP contribution in [0.5, 0.6) is 0 Å². The van der Waals surface area contributed by atoms with Crippen molar-refractivity contribution in [3.8, 4) is 0 Å². The Kier molecular flexibility index (Phi) is 3.41. The molecule has 0 bridgehead atoms. The summed E-state index contributed by atoms with van der Waals surface area (Å²) in [6, 6.07) is 9.86. The van der Waals surface area contributed by atoms with Gasteiger partial charge in [0.1, 0.15) is 0 Å². The molecule has 1 unspecified atom stereocenters. The van der Waals surface area contributed by atoms with Crippen LogP contribution in [0.1, 0.15) is 12.8 Å². The quantitative estimate of drug-likeness (QED) is 0.812. The van der Waals surface area contributed by atoms with Crippen LogP contribution in [0.4, 0.5) is 0 Å². The molecule has 3 nitrogen and oxygen atoms in total. The number of nitrogens with zero attached hydrogens (tertiary/aromatic N) is 1. The van der Waals surface area contributed by atoms with E-state index in [1.807, 2.05) is 18.2 Å². The van der Waals surface area contributed by atoms with Crippen molar-refractivity contribution >= 4 is 25.6 Å². The van der Waals surface area contributed by atoms with Crippen LogP contribution in [0.2, 0.25) is 0 Å². The van der Waals surface area contributed by atoms with Crippen molar-refractivity contribution in [1.82, 2.24) is 3.92 Å². The Balaban J connectivity index is 2.03. The normalized spacial score (nSPS) is 21.7. The van der Waals surface area contributed by atoms with E-state index < -0.39 is 5.97 Å². The number of carbonyl (C=O) groups is 1. The van der Waals surface area contributed by atoms with Gasteiger partial charge in [0.25, 0.3) is 0 Å². The molecule has 1 heterocycles. The second kappa shape index (κ2) is 4.79. The monoisotopic (exact) mass is 271 g/mol. The number of carboxylic acid groups (broad SMARTS) is 1. The first-order valence-corrected chi connectivity index (χ1v) is 6.62. The minimum atomic E-state index is -0.676. The van der Waals surface area contributed by atoms with Gasteiger partial charge in [0.05, 0.1) is 0 Å². The number of benzene rings is 1. The Morgan fingerprint density at radius 1 is 1.40 bits per heavy atom. The second-order valence-electron chi connectivity index (χ2n) is 3.54. The van der Waals surface area contributed by atoms with E-state index in [0.29, 0.717) is 0 Å². The van der Waals surface area contributed by atoms with Gasteiger partial charge >= 0.3 is 95.2 Å². The second-order valence-corrected chi connectivity index (χ2v) is 5.90. The molecule has 0 amide bonds. The van der Waals surface area contributed by atoms with Gasteiger partial charge in [-0.3, -0.25) is 0 Å². The zero-order valence-electron chi connectivity index (χ0n) is 8.30.